The van der Waals surface area contributed by atoms with Crippen LogP contribution in [-0.2, 0) is 4.74 Å². The quantitative estimate of drug-likeness (QED) is 0.744. The first-order chi connectivity index (χ1) is 10.3. The van der Waals surface area contributed by atoms with Crippen LogP contribution < -0.4 is 10.6 Å². The van der Waals surface area contributed by atoms with Crippen LogP contribution in [0.1, 0.15) is 73.1 Å². The third-order valence-electron chi connectivity index (χ3n) is 4.51. The van der Waals surface area contributed by atoms with Gasteiger partial charge in [-0.05, 0) is 52.0 Å². The fourth-order valence-electron chi connectivity index (χ4n) is 2.95. The maximum Gasteiger partial charge on any atom is 0.407 e. The van der Waals surface area contributed by atoms with E-state index in [-0.39, 0.29) is 6.09 Å². The van der Waals surface area contributed by atoms with E-state index >= 15 is 0 Å². The van der Waals surface area contributed by atoms with E-state index < -0.39 is 5.60 Å². The average Bonchev–Trinajstić information content (AvgIpc) is 2.46. The van der Waals surface area contributed by atoms with Crippen molar-refractivity contribution in [2.24, 2.45) is 11.8 Å². The molecular formula is C18H36N2O2. The molecule has 0 aromatic rings. The highest BCUT2D eigenvalue weighted by Crippen LogP contribution is 2.26. The van der Waals surface area contributed by atoms with Gasteiger partial charge in [-0.1, -0.05) is 39.5 Å². The summed E-state index contributed by atoms with van der Waals surface area (Å²) in [5.41, 5.74) is -0.436. The minimum atomic E-state index is -0.436. The van der Waals surface area contributed by atoms with Crippen LogP contribution in [0, 0.1) is 11.8 Å². The molecule has 4 heteroatoms. The van der Waals surface area contributed by atoms with Gasteiger partial charge in [0.2, 0.25) is 0 Å². The van der Waals surface area contributed by atoms with Gasteiger partial charge in [0.25, 0.3) is 0 Å². The van der Waals surface area contributed by atoms with E-state index in [1.807, 2.05) is 20.8 Å². The number of hydrogen-bond acceptors (Lipinski definition) is 3. The lowest BCUT2D eigenvalue weighted by atomic mass is 9.83. The summed E-state index contributed by atoms with van der Waals surface area (Å²) in [5, 5.41) is 6.64. The van der Waals surface area contributed by atoms with Gasteiger partial charge in [-0.3, -0.25) is 0 Å². The summed E-state index contributed by atoms with van der Waals surface area (Å²) in [6, 6.07) is 0.363. The number of nitrogens with one attached hydrogen (secondary N) is 2. The lowest BCUT2D eigenvalue weighted by Crippen LogP contribution is -2.48. The highest BCUT2D eigenvalue weighted by Gasteiger charge is 2.25. The lowest BCUT2D eigenvalue weighted by Gasteiger charge is -2.32. The van der Waals surface area contributed by atoms with Crippen LogP contribution in [0.5, 0.6) is 0 Å². The summed E-state index contributed by atoms with van der Waals surface area (Å²) in [4.78, 5) is 11.9. The molecular weight excluding hydrogens is 276 g/mol. The molecule has 1 saturated carbocycles. The molecule has 1 rings (SSSR count). The van der Waals surface area contributed by atoms with Gasteiger partial charge >= 0.3 is 6.09 Å². The maximum atomic E-state index is 11.9. The molecule has 1 amide bonds. The molecule has 1 aliphatic carbocycles. The number of rotatable bonds is 7. The highest BCUT2D eigenvalue weighted by molar-refractivity contribution is 5.67. The zero-order chi connectivity index (χ0) is 16.6. The van der Waals surface area contributed by atoms with Gasteiger partial charge in [0, 0.05) is 12.6 Å². The monoisotopic (exact) mass is 312 g/mol. The van der Waals surface area contributed by atoms with E-state index in [2.05, 4.69) is 24.5 Å². The average molecular weight is 312 g/mol. The van der Waals surface area contributed by atoms with Gasteiger partial charge in [-0.25, -0.2) is 4.79 Å². The van der Waals surface area contributed by atoms with Crippen LogP contribution in [0.3, 0.4) is 0 Å². The Kier molecular flexibility index (Phi) is 8.23. The second-order valence-corrected chi connectivity index (χ2v) is 7.81. The SMILES string of the molecule is CCC(C)CNC(CNC(=O)OC(C)(C)C)C1CCCCC1. The third-order valence-corrected chi connectivity index (χ3v) is 4.51. The second-order valence-electron chi connectivity index (χ2n) is 7.81. The Morgan fingerprint density at radius 2 is 1.82 bits per heavy atom. The molecule has 1 aliphatic rings. The molecule has 2 N–H and O–H groups in total. The molecule has 1 fully saturated rings. The fourth-order valence-corrected chi connectivity index (χ4v) is 2.95. The summed E-state index contributed by atoms with van der Waals surface area (Å²) in [6.07, 6.45) is 7.41. The standard InChI is InChI=1S/C18H36N2O2/c1-6-14(2)12-19-16(15-10-8-7-9-11-15)13-20-17(21)22-18(3,4)5/h14-16,19H,6-13H2,1-5H3,(H,20,21). The van der Waals surface area contributed by atoms with Crippen molar-refractivity contribution in [3.8, 4) is 0 Å². The number of hydrogen-bond donors (Lipinski definition) is 2. The van der Waals surface area contributed by atoms with E-state index in [0.717, 1.165) is 6.54 Å². The molecule has 0 aromatic heterocycles. The summed E-state index contributed by atoms with van der Waals surface area (Å²) >= 11 is 0. The van der Waals surface area contributed by atoms with Crippen LogP contribution >= 0.6 is 0 Å². The Morgan fingerprint density at radius 1 is 1.18 bits per heavy atom. The van der Waals surface area contributed by atoms with E-state index in [0.29, 0.717) is 24.4 Å². The Labute approximate surface area is 136 Å². The number of alkyl carbamates (subject to hydrolysis) is 1. The lowest BCUT2D eigenvalue weighted by molar-refractivity contribution is 0.0515. The molecule has 0 heterocycles. The molecule has 0 aromatic carbocycles. The highest BCUT2D eigenvalue weighted by atomic mass is 16.6. The number of amides is 1. The predicted octanol–water partition coefficient (Wildman–Crippen LogP) is 4.10. The summed E-state index contributed by atoms with van der Waals surface area (Å²) in [6.45, 7) is 11.9. The summed E-state index contributed by atoms with van der Waals surface area (Å²) < 4.78 is 5.34. The smallest absolute Gasteiger partial charge is 0.407 e. The molecule has 2 atom stereocenters. The Balaban J connectivity index is 2.47. The van der Waals surface area contributed by atoms with E-state index in [1.165, 1.54) is 38.5 Å². The van der Waals surface area contributed by atoms with Crippen LogP contribution in [0.15, 0.2) is 0 Å². The topological polar surface area (TPSA) is 50.4 Å². The van der Waals surface area contributed by atoms with E-state index in [4.69, 9.17) is 4.74 Å². The van der Waals surface area contributed by atoms with Gasteiger partial charge in [-0.15, -0.1) is 0 Å². The van der Waals surface area contributed by atoms with Crippen molar-refractivity contribution < 1.29 is 9.53 Å². The van der Waals surface area contributed by atoms with Gasteiger partial charge in [0.15, 0.2) is 0 Å². The molecule has 0 radical (unpaired) electrons. The largest absolute Gasteiger partial charge is 0.444 e. The molecule has 0 bridgehead atoms. The van der Waals surface area contributed by atoms with Gasteiger partial charge in [-0.2, -0.15) is 0 Å². The second kappa shape index (κ2) is 9.39. The molecule has 130 valence electrons. The van der Waals surface area contributed by atoms with Gasteiger partial charge in [0.1, 0.15) is 5.60 Å². The van der Waals surface area contributed by atoms with E-state index in [1.54, 1.807) is 0 Å². The molecule has 22 heavy (non-hydrogen) atoms. The van der Waals surface area contributed by atoms with Crippen molar-refractivity contribution in [2.45, 2.75) is 84.8 Å². The van der Waals surface area contributed by atoms with Crippen molar-refractivity contribution in [2.75, 3.05) is 13.1 Å². The zero-order valence-corrected chi connectivity index (χ0v) is 15.2. The normalized spacial score (nSPS) is 19.5. The van der Waals surface area contributed by atoms with Crippen molar-refractivity contribution in [1.29, 1.82) is 0 Å². The van der Waals surface area contributed by atoms with Crippen molar-refractivity contribution in [3.63, 3.8) is 0 Å². The Morgan fingerprint density at radius 3 is 2.36 bits per heavy atom. The summed E-state index contributed by atoms with van der Waals surface area (Å²) in [7, 11) is 0. The molecule has 4 nitrogen and oxygen atoms in total. The first kappa shape index (κ1) is 19.3. The van der Waals surface area contributed by atoms with Crippen molar-refractivity contribution >= 4 is 6.09 Å². The summed E-state index contributed by atoms with van der Waals surface area (Å²) in [5.74, 6) is 1.35. The van der Waals surface area contributed by atoms with E-state index in [9.17, 15) is 4.79 Å². The molecule has 0 saturated heterocycles. The first-order valence-electron chi connectivity index (χ1n) is 9.02. The molecule has 0 aliphatic heterocycles. The zero-order valence-electron chi connectivity index (χ0n) is 15.2. The Bertz CT molecular complexity index is 320. The fraction of sp³-hybridized carbons (Fsp3) is 0.944. The maximum absolute atomic E-state index is 11.9. The van der Waals surface area contributed by atoms with Gasteiger partial charge < -0.3 is 15.4 Å². The minimum Gasteiger partial charge on any atom is -0.444 e. The Hall–Kier alpha value is -0.770. The van der Waals surface area contributed by atoms with Gasteiger partial charge in [0.05, 0.1) is 0 Å². The van der Waals surface area contributed by atoms with Crippen molar-refractivity contribution in [3.05, 3.63) is 0 Å². The van der Waals surface area contributed by atoms with Crippen LogP contribution in [0.25, 0.3) is 0 Å². The van der Waals surface area contributed by atoms with Crippen LogP contribution in [0.2, 0.25) is 0 Å². The predicted molar refractivity (Wildman–Crippen MR) is 92.1 cm³/mol. The third kappa shape index (κ3) is 8.02. The minimum absolute atomic E-state index is 0.307. The number of carbonyl (C=O) groups is 1. The first-order valence-corrected chi connectivity index (χ1v) is 9.02. The molecule has 0 spiro atoms. The molecule has 2 unspecified atom stereocenters. The van der Waals surface area contributed by atoms with Crippen LogP contribution in [-0.4, -0.2) is 30.8 Å². The van der Waals surface area contributed by atoms with Crippen molar-refractivity contribution in [1.82, 2.24) is 10.6 Å². The van der Waals surface area contributed by atoms with Crippen LogP contribution in [0.4, 0.5) is 4.79 Å². The number of ether oxygens (including phenoxy) is 1. The number of carbonyl (C=O) groups excluding carboxylic acids is 1.